The number of hydrogen-bond donors (Lipinski definition) is 2. The molecule has 25 heavy (non-hydrogen) atoms. The van der Waals surface area contributed by atoms with Crippen LogP contribution in [0.3, 0.4) is 0 Å². The van der Waals surface area contributed by atoms with Crippen LogP contribution < -0.4 is 20.1 Å². The number of nitrogens with zero attached hydrogens (tertiary/aromatic N) is 1. The molecule has 0 bridgehead atoms. The highest BCUT2D eigenvalue weighted by Crippen LogP contribution is 2.36. The van der Waals surface area contributed by atoms with Crippen molar-refractivity contribution in [2.45, 2.75) is 24.9 Å². The van der Waals surface area contributed by atoms with Gasteiger partial charge in [-0.3, -0.25) is 4.90 Å². The molecule has 0 radical (unpaired) electrons. The Morgan fingerprint density at radius 3 is 2.40 bits per heavy atom. The van der Waals surface area contributed by atoms with Gasteiger partial charge in [-0.1, -0.05) is 12.7 Å². The van der Waals surface area contributed by atoms with Crippen LogP contribution in [0.2, 0.25) is 0 Å². The van der Waals surface area contributed by atoms with Crippen molar-refractivity contribution in [3.63, 3.8) is 0 Å². The van der Waals surface area contributed by atoms with E-state index in [1.807, 2.05) is 24.3 Å². The molecule has 2 N–H and O–H groups in total. The van der Waals surface area contributed by atoms with Crippen LogP contribution in [0.4, 0.5) is 4.79 Å². The Balaban J connectivity index is 1.92. The molecule has 2 aliphatic rings. The number of rotatable bonds is 5. The summed E-state index contributed by atoms with van der Waals surface area (Å²) in [6.07, 6.45) is 5.44. The summed E-state index contributed by atoms with van der Waals surface area (Å²) in [6, 6.07) is 5.60. The standard InChI is InChI=1S/C19H25N3O3/c1-4-5-17-19(6-8-20-9-7-19)21-18(23)22(17)13-14-10-15(24-2)12-16(11-14)25-3/h4-5,10-12,20H,1,6-9,13H2,2-3H3,(H,21,23)/b17-5+. The highest BCUT2D eigenvalue weighted by molar-refractivity contribution is 5.82. The van der Waals surface area contributed by atoms with Crippen LogP contribution in [0.25, 0.3) is 0 Å². The Hall–Kier alpha value is -2.47. The summed E-state index contributed by atoms with van der Waals surface area (Å²) in [5.41, 5.74) is 1.63. The molecule has 3 rings (SSSR count). The van der Waals surface area contributed by atoms with Crippen molar-refractivity contribution in [1.82, 2.24) is 15.5 Å². The highest BCUT2D eigenvalue weighted by Gasteiger charge is 2.47. The molecule has 0 atom stereocenters. The smallest absolute Gasteiger partial charge is 0.322 e. The van der Waals surface area contributed by atoms with Crippen molar-refractivity contribution in [3.05, 3.63) is 48.2 Å². The van der Waals surface area contributed by atoms with Crippen LogP contribution in [0.5, 0.6) is 11.5 Å². The van der Waals surface area contributed by atoms with E-state index in [0.29, 0.717) is 18.0 Å². The quantitative estimate of drug-likeness (QED) is 0.862. The van der Waals surface area contributed by atoms with E-state index in [2.05, 4.69) is 17.2 Å². The van der Waals surface area contributed by atoms with E-state index in [1.54, 1.807) is 25.2 Å². The summed E-state index contributed by atoms with van der Waals surface area (Å²) in [4.78, 5) is 14.5. The number of ether oxygens (including phenoxy) is 2. The predicted molar refractivity (Wildman–Crippen MR) is 96.7 cm³/mol. The first-order valence-corrected chi connectivity index (χ1v) is 8.47. The number of urea groups is 1. The second kappa shape index (κ2) is 7.19. The number of carbonyl (C=O) groups excluding carboxylic acids is 1. The fourth-order valence-corrected chi connectivity index (χ4v) is 3.60. The average Bonchev–Trinajstić information content (AvgIpc) is 2.87. The molecule has 1 aromatic rings. The first-order chi connectivity index (χ1) is 12.1. The summed E-state index contributed by atoms with van der Waals surface area (Å²) >= 11 is 0. The van der Waals surface area contributed by atoms with Gasteiger partial charge >= 0.3 is 6.03 Å². The molecule has 2 amide bonds. The minimum Gasteiger partial charge on any atom is -0.497 e. The number of carbonyl (C=O) groups is 1. The van der Waals surface area contributed by atoms with Crippen LogP contribution >= 0.6 is 0 Å². The zero-order chi connectivity index (χ0) is 17.9. The summed E-state index contributed by atoms with van der Waals surface area (Å²) in [5.74, 6) is 1.42. The van der Waals surface area contributed by atoms with Gasteiger partial charge in [-0.15, -0.1) is 0 Å². The summed E-state index contributed by atoms with van der Waals surface area (Å²) < 4.78 is 10.7. The molecule has 2 heterocycles. The Morgan fingerprint density at radius 2 is 1.84 bits per heavy atom. The van der Waals surface area contributed by atoms with Crippen molar-refractivity contribution in [2.75, 3.05) is 27.3 Å². The minimum absolute atomic E-state index is 0.0724. The van der Waals surface area contributed by atoms with E-state index < -0.39 is 0 Å². The molecule has 6 nitrogen and oxygen atoms in total. The molecule has 0 saturated carbocycles. The Bertz CT molecular complexity index is 671. The molecule has 2 aliphatic heterocycles. The third-order valence-electron chi connectivity index (χ3n) is 4.86. The Kier molecular flexibility index (Phi) is 4.99. The fraction of sp³-hybridized carbons (Fsp3) is 0.421. The van der Waals surface area contributed by atoms with E-state index in [4.69, 9.17) is 9.47 Å². The fourth-order valence-electron chi connectivity index (χ4n) is 3.60. The second-order valence-electron chi connectivity index (χ2n) is 6.36. The van der Waals surface area contributed by atoms with Gasteiger partial charge in [-0.05, 0) is 49.7 Å². The van der Waals surface area contributed by atoms with Gasteiger partial charge in [0, 0.05) is 11.8 Å². The van der Waals surface area contributed by atoms with Gasteiger partial charge in [0.1, 0.15) is 11.5 Å². The monoisotopic (exact) mass is 343 g/mol. The van der Waals surface area contributed by atoms with Crippen LogP contribution in [0, 0.1) is 0 Å². The lowest BCUT2D eigenvalue weighted by atomic mass is 9.85. The first kappa shape index (κ1) is 17.4. The van der Waals surface area contributed by atoms with Crippen molar-refractivity contribution in [3.8, 4) is 11.5 Å². The number of nitrogens with one attached hydrogen (secondary N) is 2. The van der Waals surface area contributed by atoms with E-state index in [9.17, 15) is 4.79 Å². The van der Waals surface area contributed by atoms with E-state index in [-0.39, 0.29) is 11.6 Å². The number of benzene rings is 1. The van der Waals surface area contributed by atoms with Crippen molar-refractivity contribution >= 4 is 6.03 Å². The van der Waals surface area contributed by atoms with Gasteiger partial charge in [-0.2, -0.15) is 0 Å². The average molecular weight is 343 g/mol. The lowest BCUT2D eigenvalue weighted by Gasteiger charge is -2.35. The van der Waals surface area contributed by atoms with Crippen molar-refractivity contribution < 1.29 is 14.3 Å². The lowest BCUT2D eigenvalue weighted by molar-refractivity contribution is 0.220. The molecular formula is C19H25N3O3. The molecule has 6 heteroatoms. The maximum Gasteiger partial charge on any atom is 0.322 e. The number of piperidine rings is 1. The molecule has 0 aliphatic carbocycles. The highest BCUT2D eigenvalue weighted by atomic mass is 16.5. The Labute approximate surface area is 148 Å². The maximum atomic E-state index is 12.7. The van der Waals surface area contributed by atoms with Crippen molar-refractivity contribution in [2.24, 2.45) is 0 Å². The topological polar surface area (TPSA) is 62.8 Å². The minimum atomic E-state index is -0.306. The number of hydrogen-bond acceptors (Lipinski definition) is 4. The molecule has 1 aromatic carbocycles. The Morgan fingerprint density at radius 1 is 1.20 bits per heavy atom. The largest absolute Gasteiger partial charge is 0.497 e. The molecule has 134 valence electrons. The third kappa shape index (κ3) is 3.35. The molecule has 2 fully saturated rings. The maximum absolute atomic E-state index is 12.7. The second-order valence-corrected chi connectivity index (χ2v) is 6.36. The molecular weight excluding hydrogens is 318 g/mol. The van der Waals surface area contributed by atoms with Crippen molar-refractivity contribution in [1.29, 1.82) is 0 Å². The molecule has 1 spiro atoms. The van der Waals surface area contributed by atoms with Crippen LogP contribution in [0.15, 0.2) is 42.6 Å². The third-order valence-corrected chi connectivity index (χ3v) is 4.86. The lowest BCUT2D eigenvalue weighted by Crippen LogP contribution is -2.50. The zero-order valence-corrected chi connectivity index (χ0v) is 14.8. The van der Waals surface area contributed by atoms with Crippen LogP contribution in [-0.2, 0) is 6.54 Å². The zero-order valence-electron chi connectivity index (χ0n) is 14.8. The van der Waals surface area contributed by atoms with Gasteiger partial charge in [0.2, 0.25) is 0 Å². The van der Waals surface area contributed by atoms with Gasteiger partial charge in [-0.25, -0.2) is 4.79 Å². The summed E-state index contributed by atoms with van der Waals surface area (Å²) in [7, 11) is 3.24. The molecule has 0 aromatic heterocycles. The molecule has 2 saturated heterocycles. The number of allylic oxidation sites excluding steroid dienone is 2. The normalized spacial score (nSPS) is 20.6. The van der Waals surface area contributed by atoms with E-state index in [0.717, 1.165) is 37.2 Å². The summed E-state index contributed by atoms with van der Waals surface area (Å²) in [6.45, 7) is 6.05. The SMILES string of the molecule is C=C/C=C1/N(Cc2cc(OC)cc(OC)c2)C(=O)NC12CCNCC2. The first-order valence-electron chi connectivity index (χ1n) is 8.47. The van der Waals surface area contributed by atoms with Crippen LogP contribution in [0.1, 0.15) is 18.4 Å². The van der Waals surface area contributed by atoms with Gasteiger partial charge < -0.3 is 20.1 Å². The van der Waals surface area contributed by atoms with E-state index in [1.165, 1.54) is 0 Å². The summed E-state index contributed by atoms with van der Waals surface area (Å²) in [5, 5.41) is 6.55. The van der Waals surface area contributed by atoms with E-state index >= 15 is 0 Å². The number of amides is 2. The van der Waals surface area contributed by atoms with Crippen LogP contribution in [-0.4, -0.2) is 43.8 Å². The number of methoxy groups -OCH3 is 2. The van der Waals surface area contributed by atoms with Gasteiger partial charge in [0.25, 0.3) is 0 Å². The molecule has 0 unspecified atom stereocenters. The van der Waals surface area contributed by atoms with Gasteiger partial charge in [0.05, 0.1) is 26.3 Å². The van der Waals surface area contributed by atoms with Gasteiger partial charge in [0.15, 0.2) is 0 Å². The predicted octanol–water partition coefficient (Wildman–Crippen LogP) is 2.42.